The van der Waals surface area contributed by atoms with E-state index in [9.17, 15) is 14.9 Å². The van der Waals surface area contributed by atoms with Crippen molar-refractivity contribution in [2.75, 3.05) is 20.5 Å². The minimum Gasteiger partial charge on any atom is -0.493 e. The van der Waals surface area contributed by atoms with Crippen molar-refractivity contribution in [3.8, 4) is 17.2 Å². The Morgan fingerprint density at radius 3 is 2.86 bits per heavy atom. The third-order valence-corrected chi connectivity index (χ3v) is 4.10. The van der Waals surface area contributed by atoms with Crippen LogP contribution in [-0.2, 0) is 22.7 Å². The lowest BCUT2D eigenvalue weighted by Crippen LogP contribution is -2.15. The number of ether oxygens (including phenoxy) is 5. The second kappa shape index (κ2) is 9.07. The van der Waals surface area contributed by atoms with E-state index in [0.717, 1.165) is 0 Å². The van der Waals surface area contributed by atoms with Gasteiger partial charge >= 0.3 is 5.97 Å². The summed E-state index contributed by atoms with van der Waals surface area (Å²) in [5, 5.41) is 11.2. The van der Waals surface area contributed by atoms with Gasteiger partial charge in [0.2, 0.25) is 0 Å². The molecule has 0 aliphatic carbocycles. The summed E-state index contributed by atoms with van der Waals surface area (Å²) in [6, 6.07) is 7.33. The van der Waals surface area contributed by atoms with Crippen LogP contribution in [0, 0.1) is 10.1 Å². The molecule has 152 valence electrons. The summed E-state index contributed by atoms with van der Waals surface area (Å²) in [6.45, 7) is 3.88. The van der Waals surface area contributed by atoms with Crippen molar-refractivity contribution in [2.45, 2.75) is 13.2 Å². The first kappa shape index (κ1) is 20.2. The highest BCUT2D eigenvalue weighted by Gasteiger charge is 2.22. The molecule has 29 heavy (non-hydrogen) atoms. The van der Waals surface area contributed by atoms with Gasteiger partial charge in [0.05, 0.1) is 24.2 Å². The number of esters is 1. The molecule has 0 bridgehead atoms. The highest BCUT2D eigenvalue weighted by Crippen LogP contribution is 2.33. The number of carbonyl (C=O) groups excluding carboxylic acids is 1. The minimum absolute atomic E-state index is 0.0229. The molecule has 0 aromatic heterocycles. The van der Waals surface area contributed by atoms with Gasteiger partial charge in [-0.3, -0.25) is 10.1 Å². The summed E-state index contributed by atoms with van der Waals surface area (Å²) in [5.74, 6) is 0.644. The maximum atomic E-state index is 12.5. The van der Waals surface area contributed by atoms with Gasteiger partial charge in [0.1, 0.15) is 19.0 Å². The lowest BCUT2D eigenvalue weighted by Gasteiger charge is -2.20. The second-order valence-electron chi connectivity index (χ2n) is 6.00. The number of non-ortho nitro benzene ring substituents is 1. The number of nitrogens with zero attached hydrogens (tertiary/aromatic N) is 1. The first-order chi connectivity index (χ1) is 14.0. The zero-order valence-electron chi connectivity index (χ0n) is 15.7. The van der Waals surface area contributed by atoms with Gasteiger partial charge in [0.25, 0.3) is 5.69 Å². The molecule has 0 spiro atoms. The van der Waals surface area contributed by atoms with Crippen LogP contribution in [0.2, 0.25) is 0 Å². The van der Waals surface area contributed by atoms with Crippen LogP contribution in [-0.4, -0.2) is 31.4 Å². The van der Waals surface area contributed by atoms with Gasteiger partial charge in [0, 0.05) is 23.3 Å². The summed E-state index contributed by atoms with van der Waals surface area (Å²) in [4.78, 5) is 23.1. The molecular weight excluding hydrogens is 382 g/mol. The predicted octanol–water partition coefficient (Wildman–Crippen LogP) is 3.39. The fraction of sp³-hybridized carbons (Fsp3) is 0.250. The first-order valence-corrected chi connectivity index (χ1v) is 8.63. The Balaban J connectivity index is 1.78. The van der Waals surface area contributed by atoms with Crippen molar-refractivity contribution in [3.05, 3.63) is 69.8 Å². The van der Waals surface area contributed by atoms with Gasteiger partial charge in [-0.25, -0.2) is 4.79 Å². The summed E-state index contributed by atoms with van der Waals surface area (Å²) < 4.78 is 26.6. The minimum atomic E-state index is -0.620. The summed E-state index contributed by atoms with van der Waals surface area (Å²) in [5.41, 5.74) is 1.04. The fourth-order valence-corrected chi connectivity index (χ4v) is 2.78. The molecule has 0 unspecified atom stereocenters. The van der Waals surface area contributed by atoms with Gasteiger partial charge in [-0.05, 0) is 18.2 Å². The van der Waals surface area contributed by atoms with Crippen LogP contribution in [0.3, 0.4) is 0 Å². The van der Waals surface area contributed by atoms with E-state index >= 15 is 0 Å². The molecule has 0 saturated heterocycles. The summed E-state index contributed by atoms with van der Waals surface area (Å²) >= 11 is 0. The molecule has 2 aromatic rings. The van der Waals surface area contributed by atoms with E-state index in [2.05, 4.69) is 6.58 Å². The predicted molar refractivity (Wildman–Crippen MR) is 101 cm³/mol. The Bertz CT molecular complexity index is 940. The van der Waals surface area contributed by atoms with E-state index in [0.29, 0.717) is 35.0 Å². The van der Waals surface area contributed by atoms with Crippen molar-refractivity contribution in [2.24, 2.45) is 0 Å². The van der Waals surface area contributed by atoms with Gasteiger partial charge in [-0.1, -0.05) is 12.7 Å². The Morgan fingerprint density at radius 1 is 1.31 bits per heavy atom. The van der Waals surface area contributed by atoms with Gasteiger partial charge < -0.3 is 23.7 Å². The maximum Gasteiger partial charge on any atom is 0.338 e. The molecule has 2 aromatic carbocycles. The molecule has 1 heterocycles. The van der Waals surface area contributed by atoms with Crippen molar-refractivity contribution >= 4 is 11.7 Å². The molecule has 1 aliphatic rings. The average molecular weight is 401 g/mol. The molecule has 0 atom stereocenters. The normalized spacial score (nSPS) is 12.3. The third kappa shape index (κ3) is 4.64. The zero-order valence-corrected chi connectivity index (χ0v) is 15.7. The van der Waals surface area contributed by atoms with Gasteiger partial charge in [-0.2, -0.15) is 0 Å². The van der Waals surface area contributed by atoms with Gasteiger partial charge in [0.15, 0.2) is 18.3 Å². The Hall–Kier alpha value is -3.59. The third-order valence-electron chi connectivity index (χ3n) is 4.10. The summed E-state index contributed by atoms with van der Waals surface area (Å²) in [7, 11) is 1.46. The Labute approximate surface area is 166 Å². The highest BCUT2D eigenvalue weighted by atomic mass is 16.7. The molecule has 0 N–H and O–H groups in total. The molecule has 9 heteroatoms. The van der Waals surface area contributed by atoms with E-state index in [4.69, 9.17) is 23.7 Å². The topological polar surface area (TPSA) is 106 Å². The zero-order chi connectivity index (χ0) is 20.8. The van der Waals surface area contributed by atoms with Crippen LogP contribution >= 0.6 is 0 Å². The molecule has 0 saturated carbocycles. The van der Waals surface area contributed by atoms with E-state index in [1.54, 1.807) is 12.1 Å². The molecule has 9 nitrogen and oxygen atoms in total. The van der Waals surface area contributed by atoms with Crippen LogP contribution in [0.4, 0.5) is 5.69 Å². The van der Waals surface area contributed by atoms with Crippen LogP contribution in [0.5, 0.6) is 17.2 Å². The maximum absolute atomic E-state index is 12.5. The monoisotopic (exact) mass is 401 g/mol. The average Bonchev–Trinajstić information content (AvgIpc) is 2.75. The number of rotatable bonds is 8. The van der Waals surface area contributed by atoms with E-state index in [-0.39, 0.29) is 31.3 Å². The van der Waals surface area contributed by atoms with Crippen molar-refractivity contribution < 1.29 is 33.4 Å². The van der Waals surface area contributed by atoms with Crippen molar-refractivity contribution in [3.63, 3.8) is 0 Å². The van der Waals surface area contributed by atoms with E-state index < -0.39 is 10.9 Å². The second-order valence-corrected chi connectivity index (χ2v) is 6.00. The molecular formula is C20H19NO8. The number of nitro groups is 1. The lowest BCUT2D eigenvalue weighted by atomic mass is 10.1. The Kier molecular flexibility index (Phi) is 6.30. The van der Waals surface area contributed by atoms with Crippen LogP contribution in [0.25, 0.3) is 0 Å². The lowest BCUT2D eigenvalue weighted by molar-refractivity contribution is -0.385. The molecule has 0 radical (unpaired) electrons. The number of hydrogen-bond donors (Lipinski definition) is 0. The molecule has 1 aliphatic heterocycles. The largest absolute Gasteiger partial charge is 0.493 e. The smallest absolute Gasteiger partial charge is 0.338 e. The fourth-order valence-electron chi connectivity index (χ4n) is 2.78. The quantitative estimate of drug-likeness (QED) is 0.287. The number of methoxy groups -OCH3 is 1. The van der Waals surface area contributed by atoms with Crippen molar-refractivity contribution in [1.82, 2.24) is 0 Å². The summed E-state index contributed by atoms with van der Waals surface area (Å²) in [6.07, 6.45) is 1.59. The number of benzene rings is 2. The number of carbonyl (C=O) groups is 1. The number of nitro benzene ring substituents is 1. The van der Waals surface area contributed by atoms with Crippen molar-refractivity contribution in [1.29, 1.82) is 0 Å². The standard InChI is InChI=1S/C20H19NO8/c1-3-6-27-17-5-4-13(9-18(17)25-2)20(22)28-11-15-8-16(21(23)24)7-14-10-26-12-29-19(14)15/h3-5,7-9H,1,6,10-12H2,2H3. The first-order valence-electron chi connectivity index (χ1n) is 8.63. The number of fused-ring (bicyclic) bond motifs is 1. The highest BCUT2D eigenvalue weighted by molar-refractivity contribution is 5.90. The van der Waals surface area contributed by atoms with Crippen LogP contribution in [0.1, 0.15) is 21.5 Å². The van der Waals surface area contributed by atoms with E-state index in [1.807, 2.05) is 0 Å². The SMILES string of the molecule is C=CCOc1ccc(C(=O)OCc2cc([N+](=O)[O-])cc3c2OCOC3)cc1OC. The van der Waals surface area contributed by atoms with Crippen LogP contribution < -0.4 is 14.2 Å². The molecule has 0 amide bonds. The Morgan fingerprint density at radius 2 is 2.14 bits per heavy atom. The molecule has 0 fully saturated rings. The van der Waals surface area contributed by atoms with E-state index in [1.165, 1.54) is 31.4 Å². The van der Waals surface area contributed by atoms with Crippen LogP contribution in [0.15, 0.2) is 43.0 Å². The van der Waals surface area contributed by atoms with Gasteiger partial charge in [-0.15, -0.1) is 0 Å². The number of hydrogen-bond acceptors (Lipinski definition) is 8. The molecule has 3 rings (SSSR count).